The second kappa shape index (κ2) is 3.59. The van der Waals surface area contributed by atoms with E-state index in [0.717, 1.165) is 11.1 Å². The maximum absolute atomic E-state index is 13.7. The quantitative estimate of drug-likeness (QED) is 0.797. The number of hydrogen-bond donors (Lipinski definition) is 1. The molecule has 0 atom stereocenters. The molecule has 0 saturated carbocycles. The predicted octanol–water partition coefficient (Wildman–Crippen LogP) is 1.82. The van der Waals surface area contributed by atoms with Gasteiger partial charge >= 0.3 is 0 Å². The van der Waals surface area contributed by atoms with E-state index in [1.165, 1.54) is 10.7 Å². The number of nitrogens with two attached hydrogens (primary N) is 1. The molecule has 0 aliphatic carbocycles. The molecule has 0 aliphatic rings. The van der Waals surface area contributed by atoms with Crippen LogP contribution in [0.4, 0.5) is 10.2 Å². The van der Waals surface area contributed by atoms with Gasteiger partial charge in [0.05, 0.1) is 0 Å². The highest BCUT2D eigenvalue weighted by Gasteiger charge is 2.16. The Hall–Kier alpha value is -1.91. The molecule has 0 bridgehead atoms. The van der Waals surface area contributed by atoms with Gasteiger partial charge in [0.1, 0.15) is 17.2 Å². The smallest absolute Gasteiger partial charge is 0.151 e. The van der Waals surface area contributed by atoms with Gasteiger partial charge in [0.2, 0.25) is 0 Å². The van der Waals surface area contributed by atoms with Gasteiger partial charge in [-0.05, 0) is 25.5 Å². The Labute approximate surface area is 92.9 Å². The monoisotopic (exact) mass is 220 g/mol. The van der Waals surface area contributed by atoms with Crippen LogP contribution in [0.5, 0.6) is 0 Å². The van der Waals surface area contributed by atoms with Gasteiger partial charge in [-0.1, -0.05) is 0 Å². The summed E-state index contributed by atoms with van der Waals surface area (Å²) in [7, 11) is 1.72. The second-order valence-corrected chi connectivity index (χ2v) is 3.83. The van der Waals surface area contributed by atoms with E-state index in [1.54, 1.807) is 27.1 Å². The number of anilines is 1. The summed E-state index contributed by atoms with van der Waals surface area (Å²) in [6, 6.07) is 1.44. The highest BCUT2D eigenvalue weighted by Crippen LogP contribution is 2.26. The molecule has 0 saturated heterocycles. The minimum absolute atomic E-state index is 0.246. The molecular weight excluding hydrogens is 207 g/mol. The van der Waals surface area contributed by atoms with Gasteiger partial charge in [-0.25, -0.2) is 4.39 Å². The topological polar surface area (TPSA) is 56.7 Å². The molecule has 0 aromatic carbocycles. The minimum atomic E-state index is -0.374. The zero-order chi connectivity index (χ0) is 11.9. The fraction of sp³-hybridized carbons (Fsp3) is 0.273. The van der Waals surface area contributed by atoms with Gasteiger partial charge in [-0.2, -0.15) is 5.10 Å². The first-order valence-electron chi connectivity index (χ1n) is 4.92. The van der Waals surface area contributed by atoms with Gasteiger partial charge in [0, 0.05) is 18.8 Å². The van der Waals surface area contributed by atoms with E-state index in [0.29, 0.717) is 11.5 Å². The molecule has 0 unspecified atom stereocenters. The Kier molecular flexibility index (Phi) is 2.38. The molecule has 0 fully saturated rings. The molecule has 2 N–H and O–H groups in total. The third kappa shape index (κ3) is 1.54. The number of pyridine rings is 1. The van der Waals surface area contributed by atoms with Crippen molar-refractivity contribution < 1.29 is 4.39 Å². The molecule has 4 nitrogen and oxygen atoms in total. The number of aromatic nitrogens is 3. The van der Waals surface area contributed by atoms with Crippen molar-refractivity contribution in [1.82, 2.24) is 14.8 Å². The lowest BCUT2D eigenvalue weighted by Gasteiger charge is -2.00. The minimum Gasteiger partial charge on any atom is -0.384 e. The largest absolute Gasteiger partial charge is 0.384 e. The van der Waals surface area contributed by atoms with Crippen LogP contribution in [-0.4, -0.2) is 14.8 Å². The van der Waals surface area contributed by atoms with Crippen molar-refractivity contribution in [3.05, 3.63) is 29.2 Å². The van der Waals surface area contributed by atoms with E-state index >= 15 is 0 Å². The standard InChI is InChI=1S/C11H13FN4/c1-6-4-8(12)10(14-5-6)9-7(2)11(13)16(3)15-9/h4-5H,13H2,1-3H3. The number of rotatable bonds is 1. The van der Waals surface area contributed by atoms with Crippen molar-refractivity contribution >= 4 is 5.82 Å². The van der Waals surface area contributed by atoms with Crippen molar-refractivity contribution in [3.8, 4) is 11.4 Å². The number of aryl methyl sites for hydroxylation is 2. The van der Waals surface area contributed by atoms with E-state index in [-0.39, 0.29) is 11.5 Å². The van der Waals surface area contributed by atoms with Crippen molar-refractivity contribution in [2.24, 2.45) is 7.05 Å². The molecule has 2 aromatic heterocycles. The highest BCUT2D eigenvalue weighted by molar-refractivity contribution is 5.65. The Morgan fingerprint density at radius 1 is 1.31 bits per heavy atom. The summed E-state index contributed by atoms with van der Waals surface area (Å²) >= 11 is 0. The Morgan fingerprint density at radius 3 is 2.50 bits per heavy atom. The maximum atomic E-state index is 13.7. The average Bonchev–Trinajstić information content (AvgIpc) is 2.46. The van der Waals surface area contributed by atoms with E-state index < -0.39 is 0 Å². The first kappa shape index (κ1) is 10.6. The number of nitrogen functional groups attached to an aromatic ring is 1. The van der Waals surface area contributed by atoms with Crippen LogP contribution < -0.4 is 5.73 Å². The SMILES string of the molecule is Cc1cnc(-c2nn(C)c(N)c2C)c(F)c1. The number of halogens is 1. The summed E-state index contributed by atoms with van der Waals surface area (Å²) in [6.45, 7) is 3.60. The van der Waals surface area contributed by atoms with E-state index in [4.69, 9.17) is 5.73 Å². The molecule has 2 aromatic rings. The lowest BCUT2D eigenvalue weighted by Crippen LogP contribution is -1.97. The first-order chi connectivity index (χ1) is 7.50. The van der Waals surface area contributed by atoms with E-state index in [1.807, 2.05) is 0 Å². The van der Waals surface area contributed by atoms with Gasteiger partial charge in [0.15, 0.2) is 5.82 Å². The highest BCUT2D eigenvalue weighted by atomic mass is 19.1. The molecule has 2 rings (SSSR count). The van der Waals surface area contributed by atoms with Crippen LogP contribution >= 0.6 is 0 Å². The van der Waals surface area contributed by atoms with Crippen molar-refractivity contribution in [3.63, 3.8) is 0 Å². The summed E-state index contributed by atoms with van der Waals surface area (Å²) < 4.78 is 15.2. The van der Waals surface area contributed by atoms with Crippen molar-refractivity contribution in [1.29, 1.82) is 0 Å². The van der Waals surface area contributed by atoms with Gasteiger partial charge in [0.25, 0.3) is 0 Å². The molecule has 16 heavy (non-hydrogen) atoms. The van der Waals surface area contributed by atoms with Crippen LogP contribution in [0.15, 0.2) is 12.3 Å². The third-order valence-electron chi connectivity index (χ3n) is 2.54. The van der Waals surface area contributed by atoms with Crippen LogP contribution in [0.1, 0.15) is 11.1 Å². The van der Waals surface area contributed by atoms with E-state index in [2.05, 4.69) is 10.1 Å². The molecule has 5 heteroatoms. The zero-order valence-electron chi connectivity index (χ0n) is 9.45. The predicted molar refractivity (Wildman–Crippen MR) is 60.3 cm³/mol. The molecule has 0 amide bonds. The van der Waals surface area contributed by atoms with Crippen molar-refractivity contribution in [2.75, 3.05) is 5.73 Å². The molecular formula is C11H13FN4. The summed E-state index contributed by atoms with van der Waals surface area (Å²) in [5.41, 5.74) is 8.04. The fourth-order valence-electron chi connectivity index (χ4n) is 1.58. The van der Waals surface area contributed by atoms with E-state index in [9.17, 15) is 4.39 Å². The van der Waals surface area contributed by atoms with Crippen LogP contribution in [0.3, 0.4) is 0 Å². The van der Waals surface area contributed by atoms with Gasteiger partial charge in [-0.15, -0.1) is 0 Å². The summed E-state index contributed by atoms with van der Waals surface area (Å²) in [6.07, 6.45) is 1.61. The van der Waals surface area contributed by atoms with Crippen LogP contribution in [0, 0.1) is 19.7 Å². The third-order valence-corrected chi connectivity index (χ3v) is 2.54. The van der Waals surface area contributed by atoms with Gasteiger partial charge < -0.3 is 5.73 Å². The molecule has 0 spiro atoms. The van der Waals surface area contributed by atoms with Crippen molar-refractivity contribution in [2.45, 2.75) is 13.8 Å². The van der Waals surface area contributed by atoms with Gasteiger partial charge in [-0.3, -0.25) is 9.67 Å². The zero-order valence-corrected chi connectivity index (χ0v) is 9.45. The summed E-state index contributed by atoms with van der Waals surface area (Å²) in [5, 5.41) is 4.16. The maximum Gasteiger partial charge on any atom is 0.151 e. The fourth-order valence-corrected chi connectivity index (χ4v) is 1.58. The Bertz CT molecular complexity index is 545. The lowest BCUT2D eigenvalue weighted by molar-refractivity contribution is 0.622. The molecule has 0 aliphatic heterocycles. The average molecular weight is 220 g/mol. The van der Waals surface area contributed by atoms with Crippen LogP contribution in [-0.2, 0) is 7.05 Å². The second-order valence-electron chi connectivity index (χ2n) is 3.83. The normalized spacial score (nSPS) is 10.8. The van der Waals surface area contributed by atoms with Crippen LogP contribution in [0.2, 0.25) is 0 Å². The number of nitrogens with zero attached hydrogens (tertiary/aromatic N) is 3. The Morgan fingerprint density at radius 2 is 2.00 bits per heavy atom. The first-order valence-corrected chi connectivity index (χ1v) is 4.92. The molecule has 2 heterocycles. The molecule has 84 valence electrons. The van der Waals surface area contributed by atoms with Crippen LogP contribution in [0.25, 0.3) is 11.4 Å². The summed E-state index contributed by atoms with van der Waals surface area (Å²) in [5.74, 6) is 0.151. The summed E-state index contributed by atoms with van der Waals surface area (Å²) in [4.78, 5) is 4.06. The number of hydrogen-bond acceptors (Lipinski definition) is 3. The Balaban J connectivity index is 2.63. The molecule has 0 radical (unpaired) electrons. The lowest BCUT2D eigenvalue weighted by atomic mass is 10.1.